The molecule has 5 nitrogen and oxygen atoms in total. The Morgan fingerprint density at radius 2 is 1.26 bits per heavy atom. The maximum atomic E-state index is 10.6. The number of nitrogens with zero attached hydrogens (tertiary/aromatic N) is 1. The highest BCUT2D eigenvalue weighted by Gasteiger charge is 2.05. The van der Waals surface area contributed by atoms with Crippen LogP contribution in [-0.4, -0.2) is 36.0 Å². The molecule has 0 amide bonds. The number of hydroxylamine groups is 3. The minimum absolute atomic E-state index is 0.319. The molecule has 3 N–H and O–H groups in total. The fourth-order valence-corrected chi connectivity index (χ4v) is 1.94. The summed E-state index contributed by atoms with van der Waals surface area (Å²) in [6.45, 7) is 3.93. The van der Waals surface area contributed by atoms with E-state index in [1.165, 1.54) is 71.9 Å². The van der Waals surface area contributed by atoms with E-state index in [-0.39, 0.29) is 6.17 Å². The van der Waals surface area contributed by atoms with E-state index in [1.807, 2.05) is 0 Å². The molecule has 140 valence electrons. The standard InChI is InChI=1S/C14H28O2.C4H12N2O/c1-2-3-4-5-6-7-8-9-10-11-12-13-14(15)16;1-4(5)6(2,3)7/h2-13H2,1H3,(H,15,16);4H,5H2,1-3H3. The summed E-state index contributed by atoms with van der Waals surface area (Å²) in [6.07, 6.45) is 14.0. The first-order valence-electron chi connectivity index (χ1n) is 9.23. The predicted molar refractivity (Wildman–Crippen MR) is 97.8 cm³/mol. The van der Waals surface area contributed by atoms with Crippen LogP contribution >= 0.6 is 0 Å². The highest BCUT2D eigenvalue weighted by molar-refractivity contribution is 5.66. The number of hydrogen-bond donors (Lipinski definition) is 2. The van der Waals surface area contributed by atoms with Crippen molar-refractivity contribution in [3.8, 4) is 0 Å². The van der Waals surface area contributed by atoms with Crippen molar-refractivity contribution in [2.45, 2.75) is 97.1 Å². The summed E-state index contributed by atoms with van der Waals surface area (Å²) in [5.41, 5.74) is 5.23. The summed E-state index contributed by atoms with van der Waals surface area (Å²) in [5, 5.41) is 19.1. The van der Waals surface area contributed by atoms with Crippen molar-refractivity contribution < 1.29 is 14.5 Å². The number of hydrogen-bond acceptors (Lipinski definition) is 3. The van der Waals surface area contributed by atoms with E-state index >= 15 is 0 Å². The summed E-state index contributed by atoms with van der Waals surface area (Å²) >= 11 is 0. The van der Waals surface area contributed by atoms with Gasteiger partial charge in [-0.25, -0.2) is 0 Å². The van der Waals surface area contributed by atoms with Crippen LogP contribution in [0.5, 0.6) is 0 Å². The monoisotopic (exact) mass is 332 g/mol. The van der Waals surface area contributed by atoms with Crippen LogP contribution < -0.4 is 5.73 Å². The largest absolute Gasteiger partial charge is 0.632 e. The molecule has 5 heteroatoms. The number of unbranched alkanes of at least 4 members (excludes halogenated alkanes) is 10. The number of carbonyl (C=O) groups is 1. The molecule has 0 fully saturated rings. The quantitative estimate of drug-likeness (QED) is 0.223. The molecule has 0 aromatic heterocycles. The fourth-order valence-electron chi connectivity index (χ4n) is 1.94. The van der Waals surface area contributed by atoms with Crippen LogP contribution in [0.15, 0.2) is 0 Å². The summed E-state index contributed by atoms with van der Waals surface area (Å²) in [6, 6.07) is 0. The lowest BCUT2D eigenvalue weighted by molar-refractivity contribution is -0.864. The molecule has 0 rings (SSSR count). The molecule has 0 spiro atoms. The minimum atomic E-state index is -0.657. The van der Waals surface area contributed by atoms with Gasteiger partial charge in [0.25, 0.3) is 0 Å². The SMILES string of the molecule is CC(N)[N+](C)(C)[O-].CCCCCCCCCCCCCC(=O)O. The van der Waals surface area contributed by atoms with Crippen LogP contribution in [0, 0.1) is 5.21 Å². The summed E-state index contributed by atoms with van der Waals surface area (Å²) in [4.78, 5) is 10.3. The van der Waals surface area contributed by atoms with Crippen molar-refractivity contribution in [1.82, 2.24) is 0 Å². The molecule has 0 aromatic rings. The first kappa shape index (κ1) is 24.6. The molecule has 1 atom stereocenters. The molecule has 0 saturated heterocycles. The second-order valence-electron chi connectivity index (χ2n) is 6.85. The van der Waals surface area contributed by atoms with E-state index in [1.54, 1.807) is 6.92 Å². The molecular formula is C18H40N2O3. The van der Waals surface area contributed by atoms with Crippen molar-refractivity contribution in [3.05, 3.63) is 5.21 Å². The summed E-state index contributed by atoms with van der Waals surface area (Å²) in [5.74, 6) is -0.657. The van der Waals surface area contributed by atoms with Crippen LogP contribution in [-0.2, 0) is 4.79 Å². The molecule has 0 aromatic carbocycles. The highest BCUT2D eigenvalue weighted by atomic mass is 16.5. The predicted octanol–water partition coefficient (Wildman–Crippen LogP) is 4.64. The van der Waals surface area contributed by atoms with Crippen molar-refractivity contribution in [2.75, 3.05) is 14.1 Å². The van der Waals surface area contributed by atoms with Gasteiger partial charge in [-0.2, -0.15) is 0 Å². The molecule has 0 saturated carbocycles. The molecular weight excluding hydrogens is 292 g/mol. The van der Waals surface area contributed by atoms with Crippen LogP contribution in [0.2, 0.25) is 0 Å². The molecule has 0 heterocycles. The maximum Gasteiger partial charge on any atom is 0.303 e. The van der Waals surface area contributed by atoms with Crippen molar-refractivity contribution in [3.63, 3.8) is 0 Å². The van der Waals surface area contributed by atoms with Crippen LogP contribution in [0.3, 0.4) is 0 Å². The molecule has 0 aliphatic rings. The zero-order chi connectivity index (χ0) is 18.1. The number of carboxylic acids is 1. The van der Waals surface area contributed by atoms with Crippen LogP contribution in [0.1, 0.15) is 90.9 Å². The summed E-state index contributed by atoms with van der Waals surface area (Å²) < 4.78 is -0.417. The molecule has 0 radical (unpaired) electrons. The second kappa shape index (κ2) is 16.2. The van der Waals surface area contributed by atoms with Gasteiger partial charge < -0.3 is 15.0 Å². The minimum Gasteiger partial charge on any atom is -0.632 e. The van der Waals surface area contributed by atoms with Gasteiger partial charge in [0.1, 0.15) is 6.17 Å². The topological polar surface area (TPSA) is 86.4 Å². The first-order valence-corrected chi connectivity index (χ1v) is 9.23. The molecule has 0 bridgehead atoms. The number of nitrogens with two attached hydrogens (primary N) is 1. The zero-order valence-corrected chi connectivity index (χ0v) is 15.9. The Labute approximate surface area is 143 Å². The smallest absolute Gasteiger partial charge is 0.303 e. The van der Waals surface area contributed by atoms with Gasteiger partial charge in [-0.15, -0.1) is 0 Å². The van der Waals surface area contributed by atoms with Gasteiger partial charge in [-0.05, 0) is 6.42 Å². The van der Waals surface area contributed by atoms with Crippen molar-refractivity contribution >= 4 is 5.97 Å². The zero-order valence-electron chi connectivity index (χ0n) is 15.9. The van der Waals surface area contributed by atoms with Gasteiger partial charge in [-0.1, -0.05) is 71.1 Å². The van der Waals surface area contributed by atoms with Gasteiger partial charge in [0.2, 0.25) is 0 Å². The van der Waals surface area contributed by atoms with E-state index in [0.29, 0.717) is 6.42 Å². The van der Waals surface area contributed by atoms with Gasteiger partial charge in [0.15, 0.2) is 0 Å². The second-order valence-corrected chi connectivity index (χ2v) is 6.85. The normalized spacial score (nSPS) is 12.4. The Balaban J connectivity index is 0. The van der Waals surface area contributed by atoms with Gasteiger partial charge in [0.05, 0.1) is 14.1 Å². The fraction of sp³-hybridized carbons (Fsp3) is 0.944. The van der Waals surface area contributed by atoms with Gasteiger partial charge in [-0.3, -0.25) is 10.5 Å². The average molecular weight is 333 g/mol. The lowest BCUT2D eigenvalue weighted by Gasteiger charge is -2.37. The Bertz CT molecular complexity index is 263. The van der Waals surface area contributed by atoms with Gasteiger partial charge >= 0.3 is 5.97 Å². The Kier molecular flexibility index (Phi) is 17.3. The average Bonchev–Trinajstić information content (AvgIpc) is 2.44. The van der Waals surface area contributed by atoms with Crippen LogP contribution in [0.4, 0.5) is 0 Å². The van der Waals surface area contributed by atoms with E-state index in [0.717, 1.165) is 12.8 Å². The third kappa shape index (κ3) is 23.7. The van der Waals surface area contributed by atoms with Crippen LogP contribution in [0.25, 0.3) is 0 Å². The lowest BCUT2D eigenvalue weighted by atomic mass is 10.1. The number of carboxylic acid groups (broad SMARTS) is 1. The van der Waals surface area contributed by atoms with E-state index in [4.69, 9.17) is 10.8 Å². The molecule has 0 aliphatic heterocycles. The first-order chi connectivity index (χ1) is 10.7. The molecule has 23 heavy (non-hydrogen) atoms. The highest BCUT2D eigenvalue weighted by Crippen LogP contribution is 2.11. The third-order valence-corrected chi connectivity index (χ3v) is 3.98. The molecule has 0 aliphatic carbocycles. The van der Waals surface area contributed by atoms with Gasteiger partial charge in [0, 0.05) is 13.3 Å². The van der Waals surface area contributed by atoms with E-state index < -0.39 is 10.6 Å². The Morgan fingerprint density at radius 3 is 1.52 bits per heavy atom. The molecule has 1 unspecified atom stereocenters. The van der Waals surface area contributed by atoms with E-state index in [2.05, 4.69) is 6.92 Å². The third-order valence-electron chi connectivity index (χ3n) is 3.98. The number of aliphatic carboxylic acids is 1. The maximum absolute atomic E-state index is 10.6. The number of rotatable bonds is 13. The van der Waals surface area contributed by atoms with Crippen molar-refractivity contribution in [1.29, 1.82) is 0 Å². The van der Waals surface area contributed by atoms with E-state index in [9.17, 15) is 10.0 Å². The van der Waals surface area contributed by atoms with Crippen molar-refractivity contribution in [2.24, 2.45) is 5.73 Å². The number of quaternary nitrogens is 1. The Morgan fingerprint density at radius 1 is 0.957 bits per heavy atom. The lowest BCUT2D eigenvalue weighted by Crippen LogP contribution is -2.46. The Hall–Kier alpha value is -0.650. The summed E-state index contributed by atoms with van der Waals surface area (Å²) in [7, 11) is 3.04.